The highest BCUT2D eigenvalue weighted by atomic mass is 16.3. The molecule has 0 saturated heterocycles. The molecular formula is C18H23N3O3. The van der Waals surface area contributed by atoms with Gasteiger partial charge in [0, 0.05) is 31.3 Å². The van der Waals surface area contributed by atoms with Crippen molar-refractivity contribution in [2.24, 2.45) is 7.05 Å². The van der Waals surface area contributed by atoms with Gasteiger partial charge in [-0.1, -0.05) is 18.9 Å². The maximum absolute atomic E-state index is 11.8. The van der Waals surface area contributed by atoms with Gasteiger partial charge < -0.3 is 20.3 Å². The first-order valence-electron chi connectivity index (χ1n) is 8.36. The molecule has 0 spiro atoms. The van der Waals surface area contributed by atoms with E-state index in [0.717, 1.165) is 36.6 Å². The largest absolute Gasteiger partial charge is 0.387 e. The molecular weight excluding hydrogens is 306 g/mol. The van der Waals surface area contributed by atoms with E-state index in [2.05, 4.69) is 10.6 Å². The van der Waals surface area contributed by atoms with Crippen molar-refractivity contribution in [3.63, 3.8) is 0 Å². The van der Waals surface area contributed by atoms with Crippen molar-refractivity contribution in [1.29, 1.82) is 0 Å². The molecule has 1 aromatic carbocycles. The minimum absolute atomic E-state index is 0.00919. The van der Waals surface area contributed by atoms with Crippen molar-refractivity contribution in [1.82, 2.24) is 15.2 Å². The third kappa shape index (κ3) is 3.59. The average molecular weight is 329 g/mol. The molecule has 6 heteroatoms. The molecule has 3 rings (SSSR count). The Morgan fingerprint density at radius 1 is 1.25 bits per heavy atom. The Morgan fingerprint density at radius 2 is 2.00 bits per heavy atom. The predicted octanol–water partition coefficient (Wildman–Crippen LogP) is 1.39. The minimum Gasteiger partial charge on any atom is -0.387 e. The van der Waals surface area contributed by atoms with Gasteiger partial charge >= 0.3 is 11.8 Å². The second-order valence-electron chi connectivity index (χ2n) is 6.43. The van der Waals surface area contributed by atoms with Crippen LogP contribution in [-0.2, 0) is 16.6 Å². The van der Waals surface area contributed by atoms with Gasteiger partial charge in [-0.15, -0.1) is 0 Å². The standard InChI is InChI=1S/C18H23N3O3/c1-21-9-8-12-10-13(6-7-15(12)21)16(22)11-19-17(23)18(24)20-14-4-2-3-5-14/h6-10,14,16,22H,2-5,11H2,1H3,(H,19,23)(H,20,24)/t16-/m1/s1. The zero-order valence-corrected chi connectivity index (χ0v) is 13.8. The molecule has 24 heavy (non-hydrogen) atoms. The van der Waals surface area contributed by atoms with Gasteiger partial charge in [-0.05, 0) is 42.0 Å². The van der Waals surface area contributed by atoms with Crippen LogP contribution in [0.2, 0.25) is 0 Å². The number of aryl methyl sites for hydroxylation is 1. The maximum Gasteiger partial charge on any atom is 0.309 e. The summed E-state index contributed by atoms with van der Waals surface area (Å²) in [5.41, 5.74) is 1.79. The Morgan fingerprint density at radius 3 is 2.75 bits per heavy atom. The number of amides is 2. The van der Waals surface area contributed by atoms with E-state index in [0.29, 0.717) is 5.56 Å². The summed E-state index contributed by atoms with van der Waals surface area (Å²) in [6, 6.07) is 7.73. The fraction of sp³-hybridized carbons (Fsp3) is 0.444. The molecule has 2 amide bonds. The molecule has 0 unspecified atom stereocenters. The molecule has 1 heterocycles. The van der Waals surface area contributed by atoms with Gasteiger partial charge in [0.2, 0.25) is 0 Å². The van der Waals surface area contributed by atoms with Crippen LogP contribution in [0.15, 0.2) is 30.5 Å². The minimum atomic E-state index is -0.849. The van der Waals surface area contributed by atoms with Gasteiger partial charge in [-0.2, -0.15) is 0 Å². The van der Waals surface area contributed by atoms with E-state index in [1.165, 1.54) is 0 Å². The number of aliphatic hydroxyl groups is 1. The van der Waals surface area contributed by atoms with Crippen LogP contribution in [0.25, 0.3) is 10.9 Å². The molecule has 0 radical (unpaired) electrons. The zero-order valence-electron chi connectivity index (χ0n) is 13.8. The van der Waals surface area contributed by atoms with Gasteiger partial charge in [0.05, 0.1) is 6.10 Å². The van der Waals surface area contributed by atoms with E-state index in [4.69, 9.17) is 0 Å². The smallest absolute Gasteiger partial charge is 0.309 e. The van der Waals surface area contributed by atoms with E-state index >= 15 is 0 Å². The molecule has 1 aliphatic carbocycles. The number of nitrogens with one attached hydrogen (secondary N) is 2. The van der Waals surface area contributed by atoms with Crippen molar-refractivity contribution in [2.45, 2.75) is 37.8 Å². The van der Waals surface area contributed by atoms with E-state index in [1.807, 2.05) is 42.1 Å². The average Bonchev–Trinajstić information content (AvgIpc) is 3.22. The van der Waals surface area contributed by atoms with Crippen LogP contribution in [0.1, 0.15) is 37.4 Å². The molecule has 3 N–H and O–H groups in total. The van der Waals surface area contributed by atoms with E-state index in [9.17, 15) is 14.7 Å². The summed E-state index contributed by atoms with van der Waals surface area (Å²) >= 11 is 0. The molecule has 6 nitrogen and oxygen atoms in total. The van der Waals surface area contributed by atoms with Gasteiger partial charge in [-0.25, -0.2) is 0 Å². The lowest BCUT2D eigenvalue weighted by Crippen LogP contribution is -2.44. The van der Waals surface area contributed by atoms with Crippen LogP contribution in [0.4, 0.5) is 0 Å². The highest BCUT2D eigenvalue weighted by Crippen LogP contribution is 2.21. The summed E-state index contributed by atoms with van der Waals surface area (Å²) in [5, 5.41) is 16.5. The number of nitrogens with zero attached hydrogens (tertiary/aromatic N) is 1. The number of aliphatic hydroxyl groups excluding tert-OH is 1. The van der Waals surface area contributed by atoms with Crippen LogP contribution < -0.4 is 10.6 Å². The van der Waals surface area contributed by atoms with Crippen molar-refractivity contribution in [2.75, 3.05) is 6.54 Å². The monoisotopic (exact) mass is 329 g/mol. The first-order chi connectivity index (χ1) is 11.5. The first-order valence-corrected chi connectivity index (χ1v) is 8.36. The van der Waals surface area contributed by atoms with E-state index in [1.54, 1.807) is 0 Å². The molecule has 2 aromatic rings. The fourth-order valence-electron chi connectivity index (χ4n) is 3.22. The van der Waals surface area contributed by atoms with Gasteiger partial charge in [0.1, 0.15) is 0 Å². The Kier molecular flexibility index (Phi) is 4.85. The Bertz CT molecular complexity index is 747. The van der Waals surface area contributed by atoms with E-state index in [-0.39, 0.29) is 12.6 Å². The second kappa shape index (κ2) is 7.05. The number of carbonyl (C=O) groups is 2. The van der Waals surface area contributed by atoms with Crippen LogP contribution in [0.5, 0.6) is 0 Å². The molecule has 0 aliphatic heterocycles. The lowest BCUT2D eigenvalue weighted by molar-refractivity contribution is -0.139. The topological polar surface area (TPSA) is 83.4 Å². The number of benzene rings is 1. The number of hydrogen-bond donors (Lipinski definition) is 3. The van der Waals surface area contributed by atoms with Crippen molar-refractivity contribution < 1.29 is 14.7 Å². The molecule has 1 fully saturated rings. The molecule has 128 valence electrons. The van der Waals surface area contributed by atoms with Crippen LogP contribution >= 0.6 is 0 Å². The predicted molar refractivity (Wildman–Crippen MR) is 91.3 cm³/mol. The third-order valence-electron chi connectivity index (χ3n) is 4.65. The lowest BCUT2D eigenvalue weighted by atomic mass is 10.1. The van der Waals surface area contributed by atoms with Gasteiger partial charge in [0.25, 0.3) is 0 Å². The number of hydrogen-bond acceptors (Lipinski definition) is 3. The summed E-state index contributed by atoms with van der Waals surface area (Å²) in [6.07, 6.45) is 5.14. The third-order valence-corrected chi connectivity index (χ3v) is 4.65. The second-order valence-corrected chi connectivity index (χ2v) is 6.43. The normalized spacial score (nSPS) is 16.2. The summed E-state index contributed by atoms with van der Waals surface area (Å²) in [7, 11) is 1.96. The Balaban J connectivity index is 1.54. The van der Waals surface area contributed by atoms with E-state index < -0.39 is 17.9 Å². The van der Waals surface area contributed by atoms with Gasteiger partial charge in [0.15, 0.2) is 0 Å². The lowest BCUT2D eigenvalue weighted by Gasteiger charge is -2.14. The SMILES string of the molecule is Cn1ccc2cc([C@H](O)CNC(=O)C(=O)NC3CCCC3)ccc21. The molecule has 1 saturated carbocycles. The van der Waals surface area contributed by atoms with Crippen molar-refractivity contribution in [3.05, 3.63) is 36.0 Å². The summed E-state index contributed by atoms with van der Waals surface area (Å²) in [5.74, 6) is -1.31. The van der Waals surface area contributed by atoms with Crippen LogP contribution in [0.3, 0.4) is 0 Å². The summed E-state index contributed by atoms with van der Waals surface area (Å²) in [6.45, 7) is 0.00919. The van der Waals surface area contributed by atoms with Crippen LogP contribution in [-0.4, -0.2) is 34.1 Å². The highest BCUT2D eigenvalue weighted by Gasteiger charge is 2.22. The Labute approximate surface area is 140 Å². The fourth-order valence-corrected chi connectivity index (χ4v) is 3.22. The van der Waals surface area contributed by atoms with Crippen molar-refractivity contribution in [3.8, 4) is 0 Å². The Hall–Kier alpha value is -2.34. The van der Waals surface area contributed by atoms with Crippen molar-refractivity contribution >= 4 is 22.7 Å². The zero-order chi connectivity index (χ0) is 17.1. The molecule has 1 atom stereocenters. The summed E-state index contributed by atoms with van der Waals surface area (Å²) in [4.78, 5) is 23.7. The summed E-state index contributed by atoms with van der Waals surface area (Å²) < 4.78 is 2.00. The highest BCUT2D eigenvalue weighted by molar-refractivity contribution is 6.35. The number of carbonyl (C=O) groups excluding carboxylic acids is 2. The molecule has 1 aromatic heterocycles. The number of aromatic nitrogens is 1. The first kappa shape index (κ1) is 16.5. The van der Waals surface area contributed by atoms with Crippen LogP contribution in [0, 0.1) is 0 Å². The van der Waals surface area contributed by atoms with Gasteiger partial charge in [-0.3, -0.25) is 9.59 Å². The molecule has 1 aliphatic rings. The molecule has 0 bridgehead atoms. The maximum atomic E-state index is 11.8. The quantitative estimate of drug-likeness (QED) is 0.741. The number of rotatable bonds is 4. The number of fused-ring (bicyclic) bond motifs is 1.